The van der Waals surface area contributed by atoms with Gasteiger partial charge in [0.25, 0.3) is 0 Å². The standard InChI is InChI=1S/C23H30N4O3/c1-3-24-23(26-11-13-30-18-7-5-4-6-15(18)2)25-10-12-27-21(28)19-16-8-9-17(14-16)20(19)22(27)29/h4-9,16-17,19-20H,3,10-14H2,1-2H3,(H2,24,25,26). The van der Waals surface area contributed by atoms with E-state index in [0.29, 0.717) is 32.2 Å². The zero-order valence-corrected chi connectivity index (χ0v) is 17.6. The molecule has 1 saturated heterocycles. The lowest BCUT2D eigenvalue weighted by atomic mass is 9.85. The lowest BCUT2D eigenvalue weighted by Gasteiger charge is -2.17. The van der Waals surface area contributed by atoms with Crippen molar-refractivity contribution in [2.24, 2.45) is 28.7 Å². The molecule has 4 atom stereocenters. The average Bonchev–Trinajstić information content (AvgIpc) is 3.42. The molecule has 0 radical (unpaired) electrons. The summed E-state index contributed by atoms with van der Waals surface area (Å²) in [6, 6.07) is 7.92. The highest BCUT2D eigenvalue weighted by Gasteiger charge is 2.58. The van der Waals surface area contributed by atoms with Crippen LogP contribution in [0.5, 0.6) is 5.75 Å². The summed E-state index contributed by atoms with van der Waals surface area (Å²) >= 11 is 0. The molecule has 1 saturated carbocycles. The molecule has 0 aromatic heterocycles. The Morgan fingerprint density at radius 2 is 1.83 bits per heavy atom. The minimum absolute atomic E-state index is 0.0124. The first-order chi connectivity index (χ1) is 14.6. The predicted molar refractivity (Wildman–Crippen MR) is 115 cm³/mol. The first-order valence-electron chi connectivity index (χ1n) is 10.8. The first kappa shape index (κ1) is 20.4. The maximum absolute atomic E-state index is 12.7. The fourth-order valence-corrected chi connectivity index (χ4v) is 4.84. The van der Waals surface area contributed by atoms with E-state index < -0.39 is 0 Å². The van der Waals surface area contributed by atoms with Gasteiger partial charge in [-0.3, -0.25) is 19.5 Å². The number of amides is 2. The van der Waals surface area contributed by atoms with E-state index in [-0.39, 0.29) is 35.5 Å². The number of hydrogen-bond donors (Lipinski definition) is 2. The van der Waals surface area contributed by atoms with Crippen LogP contribution in [0, 0.1) is 30.6 Å². The summed E-state index contributed by atoms with van der Waals surface area (Å²) in [5.74, 6) is 1.73. The van der Waals surface area contributed by atoms with Crippen molar-refractivity contribution in [3.63, 3.8) is 0 Å². The normalized spacial score (nSPS) is 27.0. The Bertz CT molecular complexity index is 836. The van der Waals surface area contributed by atoms with Crippen molar-refractivity contribution in [1.82, 2.24) is 15.5 Å². The number of imide groups is 1. The van der Waals surface area contributed by atoms with Crippen LogP contribution in [-0.2, 0) is 9.59 Å². The molecule has 0 spiro atoms. The van der Waals surface area contributed by atoms with Crippen LogP contribution in [0.15, 0.2) is 41.4 Å². The van der Waals surface area contributed by atoms with E-state index in [1.165, 1.54) is 4.90 Å². The molecule has 2 aliphatic carbocycles. The molecule has 1 aliphatic heterocycles. The van der Waals surface area contributed by atoms with Crippen LogP contribution < -0.4 is 15.4 Å². The van der Waals surface area contributed by atoms with Crippen LogP contribution in [0.3, 0.4) is 0 Å². The number of fused-ring (bicyclic) bond motifs is 5. The Morgan fingerprint density at radius 3 is 2.50 bits per heavy atom. The molecular weight excluding hydrogens is 380 g/mol. The summed E-state index contributed by atoms with van der Waals surface area (Å²) in [7, 11) is 0. The number of carbonyl (C=O) groups excluding carboxylic acids is 2. The number of guanidine groups is 1. The van der Waals surface area contributed by atoms with E-state index in [0.717, 1.165) is 24.3 Å². The molecule has 2 amide bonds. The molecule has 3 aliphatic rings. The lowest BCUT2D eigenvalue weighted by molar-refractivity contribution is -0.140. The van der Waals surface area contributed by atoms with Gasteiger partial charge in [-0.2, -0.15) is 0 Å². The van der Waals surface area contributed by atoms with Gasteiger partial charge in [-0.1, -0.05) is 30.4 Å². The van der Waals surface area contributed by atoms with Crippen molar-refractivity contribution in [1.29, 1.82) is 0 Å². The van der Waals surface area contributed by atoms with Crippen molar-refractivity contribution in [3.05, 3.63) is 42.0 Å². The van der Waals surface area contributed by atoms with Gasteiger partial charge in [-0.25, -0.2) is 0 Å². The minimum Gasteiger partial charge on any atom is -0.491 e. The first-order valence-corrected chi connectivity index (χ1v) is 10.8. The van der Waals surface area contributed by atoms with E-state index in [4.69, 9.17) is 4.74 Å². The lowest BCUT2D eigenvalue weighted by Crippen LogP contribution is -2.40. The number of ether oxygens (including phenoxy) is 1. The van der Waals surface area contributed by atoms with Gasteiger partial charge in [-0.05, 0) is 43.7 Å². The van der Waals surface area contributed by atoms with E-state index >= 15 is 0 Å². The third kappa shape index (κ3) is 3.93. The fourth-order valence-electron chi connectivity index (χ4n) is 4.84. The van der Waals surface area contributed by atoms with Crippen LogP contribution in [0.25, 0.3) is 0 Å². The number of nitrogens with zero attached hydrogens (tertiary/aromatic N) is 2. The highest BCUT2D eigenvalue weighted by atomic mass is 16.5. The average molecular weight is 411 g/mol. The number of para-hydroxylation sites is 1. The number of nitrogens with one attached hydrogen (secondary N) is 2. The van der Waals surface area contributed by atoms with Gasteiger partial charge < -0.3 is 15.4 Å². The molecular formula is C23H30N4O3. The molecule has 2 N–H and O–H groups in total. The predicted octanol–water partition coefficient (Wildman–Crippen LogP) is 1.74. The van der Waals surface area contributed by atoms with Crippen molar-refractivity contribution >= 4 is 17.8 Å². The van der Waals surface area contributed by atoms with Gasteiger partial charge >= 0.3 is 0 Å². The number of carbonyl (C=O) groups is 2. The second kappa shape index (κ2) is 8.90. The third-order valence-electron chi connectivity index (χ3n) is 6.25. The number of aliphatic imine (C=N–C) groups is 1. The fraction of sp³-hybridized carbons (Fsp3) is 0.522. The second-order valence-electron chi connectivity index (χ2n) is 8.13. The Morgan fingerprint density at radius 1 is 1.13 bits per heavy atom. The van der Waals surface area contributed by atoms with Gasteiger partial charge in [0.05, 0.1) is 24.9 Å². The molecule has 4 rings (SSSR count). The van der Waals surface area contributed by atoms with Gasteiger partial charge in [-0.15, -0.1) is 0 Å². The van der Waals surface area contributed by atoms with Crippen LogP contribution in [0.4, 0.5) is 0 Å². The molecule has 1 heterocycles. The second-order valence-corrected chi connectivity index (χ2v) is 8.13. The maximum Gasteiger partial charge on any atom is 0.233 e. The van der Waals surface area contributed by atoms with Gasteiger partial charge in [0.2, 0.25) is 11.8 Å². The zero-order valence-electron chi connectivity index (χ0n) is 17.6. The molecule has 1 aromatic carbocycles. The van der Waals surface area contributed by atoms with Crippen LogP contribution >= 0.6 is 0 Å². The minimum atomic E-state index is -0.138. The van der Waals surface area contributed by atoms with E-state index in [1.807, 2.05) is 38.1 Å². The Hall–Kier alpha value is -2.83. The molecule has 7 heteroatoms. The van der Waals surface area contributed by atoms with Crippen molar-refractivity contribution < 1.29 is 14.3 Å². The molecule has 7 nitrogen and oxygen atoms in total. The molecule has 160 valence electrons. The highest BCUT2D eigenvalue weighted by Crippen LogP contribution is 2.52. The Balaban J connectivity index is 1.26. The largest absolute Gasteiger partial charge is 0.491 e. The van der Waals surface area contributed by atoms with Gasteiger partial charge in [0.15, 0.2) is 5.96 Å². The number of likely N-dealkylation sites (tertiary alicyclic amines) is 1. The molecule has 4 unspecified atom stereocenters. The topological polar surface area (TPSA) is 83.0 Å². The number of benzene rings is 1. The Labute approximate surface area is 177 Å². The summed E-state index contributed by atoms with van der Waals surface area (Å²) in [6.45, 7) is 6.57. The smallest absolute Gasteiger partial charge is 0.233 e. The summed E-state index contributed by atoms with van der Waals surface area (Å²) in [5.41, 5.74) is 1.10. The van der Waals surface area contributed by atoms with E-state index in [1.54, 1.807) is 0 Å². The SMILES string of the molecule is CCNC(=NCCN1C(=O)C2C3C=CC(C3)C2C1=O)NCCOc1ccccc1C. The van der Waals surface area contributed by atoms with Gasteiger partial charge in [0.1, 0.15) is 12.4 Å². The van der Waals surface area contributed by atoms with Crippen molar-refractivity contribution in [2.75, 3.05) is 32.8 Å². The Kier molecular flexibility index (Phi) is 6.06. The zero-order chi connectivity index (χ0) is 21.1. The molecule has 2 fully saturated rings. The molecule has 1 aromatic rings. The maximum atomic E-state index is 12.7. The van der Waals surface area contributed by atoms with Crippen LogP contribution in [0.2, 0.25) is 0 Å². The third-order valence-corrected chi connectivity index (χ3v) is 6.25. The summed E-state index contributed by atoms with van der Waals surface area (Å²) < 4.78 is 5.80. The summed E-state index contributed by atoms with van der Waals surface area (Å²) in [6.07, 6.45) is 5.19. The van der Waals surface area contributed by atoms with Crippen LogP contribution in [-0.4, -0.2) is 55.5 Å². The summed E-state index contributed by atoms with van der Waals surface area (Å²) in [4.78, 5) is 31.4. The molecule has 2 bridgehead atoms. The molecule has 30 heavy (non-hydrogen) atoms. The van der Waals surface area contributed by atoms with E-state index in [2.05, 4.69) is 27.8 Å². The highest BCUT2D eigenvalue weighted by molar-refractivity contribution is 6.06. The van der Waals surface area contributed by atoms with Crippen LogP contribution in [0.1, 0.15) is 18.9 Å². The van der Waals surface area contributed by atoms with Crippen molar-refractivity contribution in [3.8, 4) is 5.75 Å². The van der Waals surface area contributed by atoms with Gasteiger partial charge in [0, 0.05) is 13.1 Å². The van der Waals surface area contributed by atoms with Crippen molar-refractivity contribution in [2.45, 2.75) is 20.3 Å². The number of rotatable bonds is 8. The van der Waals surface area contributed by atoms with E-state index in [9.17, 15) is 9.59 Å². The monoisotopic (exact) mass is 410 g/mol. The number of hydrogen-bond acceptors (Lipinski definition) is 4. The number of aryl methyl sites for hydroxylation is 1. The quantitative estimate of drug-likeness (QED) is 0.224. The summed E-state index contributed by atoms with van der Waals surface area (Å²) in [5, 5.41) is 6.43. The number of allylic oxidation sites excluding steroid dienone is 2.